The lowest BCUT2D eigenvalue weighted by molar-refractivity contribution is 0.457. The molecule has 0 saturated heterocycles. The predicted octanol–water partition coefficient (Wildman–Crippen LogP) is 5.96. The van der Waals surface area contributed by atoms with Gasteiger partial charge in [-0.25, -0.2) is 4.98 Å². The van der Waals surface area contributed by atoms with Gasteiger partial charge in [0.15, 0.2) is 5.16 Å². The Balaban J connectivity index is 1.63. The van der Waals surface area contributed by atoms with E-state index in [1.165, 1.54) is 11.8 Å². The first-order valence-electron chi connectivity index (χ1n) is 10.3. The Labute approximate surface area is 202 Å². The molecule has 1 N–H and O–H groups in total. The standard InChI is InChI=1S/C25H23ClN6S/c1-31(2)11-4-5-17-6-8-20-22(13-17)29-16-18(15-27)24(20)30-19-7-9-23(21(26)14-19)33-25-28-10-12-32(25)3/h4-10,12-14,16H,11H2,1-3H3,(H,29,30)/b5-4+. The van der Waals surface area contributed by atoms with Gasteiger partial charge in [0.2, 0.25) is 0 Å². The fourth-order valence-electron chi connectivity index (χ4n) is 3.29. The van der Waals surface area contributed by atoms with Crippen molar-refractivity contribution in [2.45, 2.75) is 10.1 Å². The monoisotopic (exact) mass is 474 g/mol. The highest BCUT2D eigenvalue weighted by Crippen LogP contribution is 2.36. The Hall–Kier alpha value is -3.31. The molecule has 0 saturated carbocycles. The van der Waals surface area contributed by atoms with Crippen LogP contribution in [0.2, 0.25) is 5.02 Å². The van der Waals surface area contributed by atoms with Crippen LogP contribution in [0.15, 0.2) is 71.1 Å². The highest BCUT2D eigenvalue weighted by Gasteiger charge is 2.12. The maximum absolute atomic E-state index is 9.66. The molecule has 0 unspecified atom stereocenters. The number of pyridine rings is 1. The summed E-state index contributed by atoms with van der Waals surface area (Å²) in [4.78, 5) is 11.8. The lowest BCUT2D eigenvalue weighted by atomic mass is 10.1. The summed E-state index contributed by atoms with van der Waals surface area (Å²) in [7, 11) is 6.01. The number of nitrogens with one attached hydrogen (secondary N) is 1. The Morgan fingerprint density at radius 2 is 2.06 bits per heavy atom. The average molecular weight is 475 g/mol. The average Bonchev–Trinajstić information content (AvgIpc) is 3.19. The van der Waals surface area contributed by atoms with Crippen LogP contribution >= 0.6 is 23.4 Å². The number of fused-ring (bicyclic) bond motifs is 1. The number of imidazole rings is 1. The summed E-state index contributed by atoms with van der Waals surface area (Å²) in [6.07, 6.45) is 9.44. The molecule has 0 fully saturated rings. The molecule has 2 aromatic carbocycles. The SMILES string of the molecule is CN(C)C/C=C/c1ccc2c(Nc3ccc(Sc4nccn4C)c(Cl)c3)c(C#N)cnc2c1. The molecule has 0 aliphatic rings. The van der Waals surface area contributed by atoms with E-state index in [1.807, 2.05) is 68.3 Å². The highest BCUT2D eigenvalue weighted by atomic mass is 35.5. The number of nitrogens with zero attached hydrogens (tertiary/aromatic N) is 5. The van der Waals surface area contributed by atoms with Crippen LogP contribution in [0.1, 0.15) is 11.1 Å². The van der Waals surface area contributed by atoms with Crippen molar-refractivity contribution in [2.75, 3.05) is 26.0 Å². The first-order valence-corrected chi connectivity index (χ1v) is 11.5. The summed E-state index contributed by atoms with van der Waals surface area (Å²) >= 11 is 8.06. The van der Waals surface area contributed by atoms with E-state index in [4.69, 9.17) is 11.6 Å². The topological polar surface area (TPSA) is 69.8 Å². The van der Waals surface area contributed by atoms with Crippen LogP contribution in [0.25, 0.3) is 17.0 Å². The highest BCUT2D eigenvalue weighted by molar-refractivity contribution is 7.99. The van der Waals surface area contributed by atoms with Crippen LogP contribution in [0.3, 0.4) is 0 Å². The third-order valence-corrected chi connectivity index (χ3v) is 6.55. The molecule has 6 nitrogen and oxygen atoms in total. The van der Waals surface area contributed by atoms with Crippen molar-refractivity contribution >= 4 is 51.7 Å². The van der Waals surface area contributed by atoms with Gasteiger partial charge in [0.25, 0.3) is 0 Å². The lowest BCUT2D eigenvalue weighted by Gasteiger charge is -2.13. The van der Waals surface area contributed by atoms with Crippen molar-refractivity contribution in [1.82, 2.24) is 19.4 Å². The number of hydrogen-bond acceptors (Lipinski definition) is 6. The van der Waals surface area contributed by atoms with Crippen molar-refractivity contribution < 1.29 is 0 Å². The molecule has 166 valence electrons. The molecule has 0 aliphatic heterocycles. The molecule has 0 aliphatic carbocycles. The largest absolute Gasteiger partial charge is 0.354 e. The van der Waals surface area contributed by atoms with Crippen LogP contribution in [-0.4, -0.2) is 40.1 Å². The van der Waals surface area contributed by atoms with Gasteiger partial charge >= 0.3 is 0 Å². The van der Waals surface area contributed by atoms with Crippen LogP contribution in [-0.2, 0) is 7.05 Å². The quantitative estimate of drug-likeness (QED) is 0.356. The second kappa shape index (κ2) is 10.1. The van der Waals surface area contributed by atoms with Crippen molar-refractivity contribution in [2.24, 2.45) is 7.05 Å². The first kappa shape index (κ1) is 22.9. The molecule has 2 heterocycles. The molecule has 0 radical (unpaired) electrons. The number of hydrogen-bond donors (Lipinski definition) is 1. The summed E-state index contributed by atoms with van der Waals surface area (Å²) in [5, 5.41) is 15.4. The Morgan fingerprint density at radius 3 is 2.76 bits per heavy atom. The maximum Gasteiger partial charge on any atom is 0.172 e. The summed E-state index contributed by atoms with van der Waals surface area (Å²) < 4.78 is 1.94. The Bertz CT molecular complexity index is 1370. The number of rotatable bonds is 7. The van der Waals surface area contributed by atoms with Crippen LogP contribution < -0.4 is 5.32 Å². The maximum atomic E-state index is 9.66. The van der Waals surface area contributed by atoms with Crippen LogP contribution in [0.5, 0.6) is 0 Å². The third-order valence-electron chi connectivity index (χ3n) is 4.97. The van der Waals surface area contributed by atoms with Gasteiger partial charge in [0.05, 0.1) is 21.8 Å². The minimum Gasteiger partial charge on any atom is -0.354 e. The summed E-state index contributed by atoms with van der Waals surface area (Å²) in [6, 6.07) is 14.0. The van der Waals surface area contributed by atoms with Gasteiger partial charge in [-0.15, -0.1) is 0 Å². The summed E-state index contributed by atoms with van der Waals surface area (Å²) in [6.45, 7) is 0.862. The molecular weight excluding hydrogens is 452 g/mol. The van der Waals surface area contributed by atoms with Gasteiger partial charge < -0.3 is 14.8 Å². The van der Waals surface area contributed by atoms with Crippen LogP contribution in [0, 0.1) is 11.3 Å². The smallest absolute Gasteiger partial charge is 0.172 e. The minimum atomic E-state index is 0.473. The van der Waals surface area contributed by atoms with Gasteiger partial charge in [0.1, 0.15) is 6.07 Å². The molecule has 33 heavy (non-hydrogen) atoms. The fourth-order valence-corrected chi connectivity index (χ4v) is 4.39. The predicted molar refractivity (Wildman–Crippen MR) is 136 cm³/mol. The Morgan fingerprint density at radius 1 is 1.21 bits per heavy atom. The molecule has 4 rings (SSSR count). The number of benzene rings is 2. The Kier molecular flexibility index (Phi) is 6.99. The van der Waals surface area contributed by atoms with Crippen molar-refractivity contribution in [3.63, 3.8) is 0 Å². The minimum absolute atomic E-state index is 0.473. The zero-order valence-electron chi connectivity index (χ0n) is 18.6. The molecule has 0 spiro atoms. The van der Waals surface area contributed by atoms with Crippen molar-refractivity contribution in [3.8, 4) is 6.07 Å². The molecule has 4 aromatic rings. The van der Waals surface area contributed by atoms with E-state index in [1.54, 1.807) is 12.4 Å². The normalized spacial score (nSPS) is 11.4. The summed E-state index contributed by atoms with van der Waals surface area (Å²) in [5.41, 5.74) is 3.86. The number of nitriles is 1. The van der Waals surface area contributed by atoms with Gasteiger partial charge in [-0.05, 0) is 43.9 Å². The lowest BCUT2D eigenvalue weighted by Crippen LogP contribution is -2.10. The molecule has 0 atom stereocenters. The number of likely N-dealkylation sites (N-methyl/N-ethyl adjacent to an activating group) is 1. The second-order valence-corrected chi connectivity index (χ2v) is 9.21. The zero-order chi connectivity index (χ0) is 23.4. The second-order valence-electron chi connectivity index (χ2n) is 7.79. The van der Waals surface area contributed by atoms with E-state index >= 15 is 0 Å². The molecule has 0 amide bonds. The molecule has 2 aromatic heterocycles. The van der Waals surface area contributed by atoms with Gasteiger partial charge in [-0.3, -0.25) is 4.98 Å². The number of halogens is 1. The van der Waals surface area contributed by atoms with Crippen molar-refractivity contribution in [1.29, 1.82) is 5.26 Å². The number of aromatic nitrogens is 3. The molecule has 8 heteroatoms. The van der Waals surface area contributed by atoms with E-state index in [0.29, 0.717) is 16.3 Å². The number of aryl methyl sites for hydroxylation is 1. The third kappa shape index (κ3) is 5.37. The van der Waals surface area contributed by atoms with E-state index in [-0.39, 0.29) is 0 Å². The van der Waals surface area contributed by atoms with E-state index in [9.17, 15) is 5.26 Å². The zero-order valence-corrected chi connectivity index (χ0v) is 20.2. The van der Waals surface area contributed by atoms with E-state index in [2.05, 4.69) is 38.4 Å². The van der Waals surface area contributed by atoms with Gasteiger partial charge in [-0.1, -0.05) is 47.6 Å². The van der Waals surface area contributed by atoms with E-state index in [0.717, 1.165) is 38.8 Å². The molecular formula is C25H23ClN6S. The fraction of sp³-hybridized carbons (Fsp3) is 0.160. The summed E-state index contributed by atoms with van der Waals surface area (Å²) in [5.74, 6) is 0. The van der Waals surface area contributed by atoms with Gasteiger partial charge in [-0.2, -0.15) is 5.26 Å². The van der Waals surface area contributed by atoms with Crippen molar-refractivity contribution in [3.05, 3.63) is 77.2 Å². The first-order chi connectivity index (χ1) is 15.9. The molecule has 0 bridgehead atoms. The van der Waals surface area contributed by atoms with E-state index < -0.39 is 0 Å². The van der Waals surface area contributed by atoms with Gasteiger partial charge in [0, 0.05) is 48.2 Å². The van der Waals surface area contributed by atoms with Crippen LogP contribution in [0.4, 0.5) is 11.4 Å². The number of anilines is 2.